The van der Waals surface area contributed by atoms with Gasteiger partial charge in [-0.1, -0.05) is 76.3 Å². The minimum absolute atomic E-state index is 0.0226. The first kappa shape index (κ1) is 24.1. The first-order valence-corrected chi connectivity index (χ1v) is 12.2. The second-order valence-corrected chi connectivity index (χ2v) is 10.7. The highest BCUT2D eigenvalue weighted by Crippen LogP contribution is 2.34. The quantitative estimate of drug-likeness (QED) is 0.569. The van der Waals surface area contributed by atoms with Crippen LogP contribution in [0.3, 0.4) is 0 Å². The third-order valence-electron chi connectivity index (χ3n) is 6.53. The van der Waals surface area contributed by atoms with Crippen molar-refractivity contribution in [2.75, 3.05) is 0 Å². The molecule has 1 aromatic rings. The van der Waals surface area contributed by atoms with Crippen molar-refractivity contribution in [2.24, 2.45) is 11.8 Å². The van der Waals surface area contributed by atoms with Crippen molar-refractivity contribution < 1.29 is 14.4 Å². The van der Waals surface area contributed by atoms with E-state index in [1.165, 1.54) is 37.7 Å². The van der Waals surface area contributed by atoms with Gasteiger partial charge in [0.2, 0.25) is 0 Å². The minimum Gasteiger partial charge on any atom is -0.444 e. The van der Waals surface area contributed by atoms with Crippen molar-refractivity contribution in [3.05, 3.63) is 35.9 Å². The summed E-state index contributed by atoms with van der Waals surface area (Å²) in [7, 11) is 0. The van der Waals surface area contributed by atoms with Crippen molar-refractivity contribution >= 4 is 6.09 Å². The maximum Gasteiger partial charge on any atom is 0.407 e. The molecule has 5 nitrogen and oxygen atoms in total. The number of hydrogen-bond acceptors (Lipinski definition) is 4. The molecule has 3 atom stereocenters. The fourth-order valence-corrected chi connectivity index (χ4v) is 4.96. The Morgan fingerprint density at radius 3 is 2.45 bits per heavy atom. The number of rotatable bonds is 7. The van der Waals surface area contributed by atoms with Gasteiger partial charge in [-0.05, 0) is 51.0 Å². The van der Waals surface area contributed by atoms with Crippen molar-refractivity contribution in [3.63, 3.8) is 0 Å². The van der Waals surface area contributed by atoms with Crippen LogP contribution in [-0.2, 0) is 16.1 Å². The van der Waals surface area contributed by atoms with Gasteiger partial charge in [0.1, 0.15) is 11.7 Å². The van der Waals surface area contributed by atoms with Crippen molar-refractivity contribution in [1.29, 1.82) is 0 Å². The number of carbonyl (C=O) groups excluding carboxylic acids is 1. The molecule has 3 rings (SSSR count). The Kier molecular flexibility index (Phi) is 8.40. The van der Waals surface area contributed by atoms with Gasteiger partial charge < -0.3 is 10.1 Å². The molecule has 0 spiro atoms. The summed E-state index contributed by atoms with van der Waals surface area (Å²) in [5.41, 5.74) is 0.744. The van der Waals surface area contributed by atoms with Gasteiger partial charge in [0.15, 0.2) is 0 Å². The number of alkyl carbamates (subject to hydrolysis) is 1. The summed E-state index contributed by atoms with van der Waals surface area (Å²) in [6.45, 7) is 11.0. The highest BCUT2D eigenvalue weighted by molar-refractivity contribution is 5.68. The number of hydrogen-bond donors (Lipinski definition) is 1. The predicted molar refractivity (Wildman–Crippen MR) is 124 cm³/mol. The van der Waals surface area contributed by atoms with Crippen LogP contribution in [0.5, 0.6) is 0 Å². The molecule has 1 aliphatic heterocycles. The van der Waals surface area contributed by atoms with E-state index in [2.05, 4.69) is 48.5 Å². The van der Waals surface area contributed by atoms with Crippen LogP contribution < -0.4 is 5.32 Å². The van der Waals surface area contributed by atoms with Crippen LogP contribution in [0, 0.1) is 11.8 Å². The van der Waals surface area contributed by atoms with Crippen LogP contribution >= 0.6 is 0 Å². The lowest BCUT2D eigenvalue weighted by Crippen LogP contribution is -2.46. The Labute approximate surface area is 188 Å². The van der Waals surface area contributed by atoms with E-state index in [1.54, 1.807) is 0 Å². The Hall–Kier alpha value is -1.59. The van der Waals surface area contributed by atoms with Crippen LogP contribution in [0.4, 0.5) is 4.79 Å². The van der Waals surface area contributed by atoms with E-state index >= 15 is 0 Å². The molecule has 2 aliphatic rings. The first-order chi connectivity index (χ1) is 14.7. The molecule has 1 saturated heterocycles. The standard InChI is InChI=1S/C26H42N2O3/c1-19(2)23-17-24(31-28(23)18-21-14-10-7-11-15-21)22(16-20-12-8-6-9-13-20)27-25(29)30-26(3,4)5/h7,10-11,14-15,19-20,22-24H,6,8-9,12-13,16-18H2,1-5H3,(H,27,29). The summed E-state index contributed by atoms with van der Waals surface area (Å²) in [6.07, 6.45) is 7.96. The second-order valence-electron chi connectivity index (χ2n) is 10.7. The molecule has 3 unspecified atom stereocenters. The van der Waals surface area contributed by atoms with Crippen molar-refractivity contribution in [3.8, 4) is 0 Å². The Bertz CT molecular complexity index is 680. The molecule has 1 aliphatic carbocycles. The molecule has 2 fully saturated rings. The average molecular weight is 431 g/mol. The lowest BCUT2D eigenvalue weighted by molar-refractivity contribution is -0.182. The molecule has 1 heterocycles. The van der Waals surface area contributed by atoms with Gasteiger partial charge in [-0.25, -0.2) is 4.79 Å². The molecule has 0 radical (unpaired) electrons. The van der Waals surface area contributed by atoms with Crippen LogP contribution in [0.2, 0.25) is 0 Å². The predicted octanol–water partition coefficient (Wildman–Crippen LogP) is 6.08. The molecule has 0 bridgehead atoms. The monoisotopic (exact) mass is 430 g/mol. The number of nitrogens with zero attached hydrogens (tertiary/aromatic N) is 1. The number of nitrogens with one attached hydrogen (secondary N) is 1. The molecule has 31 heavy (non-hydrogen) atoms. The topological polar surface area (TPSA) is 50.8 Å². The molecule has 5 heteroatoms. The summed E-state index contributed by atoms with van der Waals surface area (Å²) >= 11 is 0. The number of benzene rings is 1. The van der Waals surface area contributed by atoms with Crippen LogP contribution in [0.15, 0.2) is 30.3 Å². The molecule has 1 amide bonds. The van der Waals surface area contributed by atoms with Gasteiger partial charge in [-0.15, -0.1) is 0 Å². The Morgan fingerprint density at radius 2 is 1.84 bits per heavy atom. The van der Waals surface area contributed by atoms with Gasteiger partial charge in [0.05, 0.1) is 6.04 Å². The van der Waals surface area contributed by atoms with E-state index in [4.69, 9.17) is 9.57 Å². The summed E-state index contributed by atoms with van der Waals surface area (Å²) in [6, 6.07) is 10.8. The Morgan fingerprint density at radius 1 is 1.16 bits per heavy atom. The maximum absolute atomic E-state index is 12.7. The van der Waals surface area contributed by atoms with Crippen molar-refractivity contribution in [2.45, 2.75) is 110 Å². The highest BCUT2D eigenvalue weighted by Gasteiger charge is 2.41. The van der Waals surface area contributed by atoms with Crippen LogP contribution in [0.25, 0.3) is 0 Å². The van der Waals surface area contributed by atoms with Gasteiger partial charge in [0, 0.05) is 12.6 Å². The summed E-state index contributed by atoms with van der Waals surface area (Å²) < 4.78 is 5.59. The zero-order valence-corrected chi connectivity index (χ0v) is 20.1. The normalized spacial score (nSPS) is 24.3. The fourth-order valence-electron chi connectivity index (χ4n) is 4.96. The van der Waals surface area contributed by atoms with Gasteiger partial charge >= 0.3 is 6.09 Å². The molecule has 1 saturated carbocycles. The molecular weight excluding hydrogens is 388 g/mol. The zero-order chi connectivity index (χ0) is 22.4. The average Bonchev–Trinajstić information content (AvgIpc) is 3.12. The second kappa shape index (κ2) is 10.8. The van der Waals surface area contributed by atoms with E-state index in [1.807, 2.05) is 26.8 Å². The molecule has 174 valence electrons. The third-order valence-corrected chi connectivity index (χ3v) is 6.53. The fraction of sp³-hybridized carbons (Fsp3) is 0.731. The molecule has 0 aromatic heterocycles. The number of carbonyl (C=O) groups is 1. The zero-order valence-electron chi connectivity index (χ0n) is 20.1. The SMILES string of the molecule is CC(C)C1CC(C(CC2CCCCC2)NC(=O)OC(C)(C)C)ON1Cc1ccccc1. The van der Waals surface area contributed by atoms with Gasteiger partial charge in [-0.3, -0.25) is 4.84 Å². The van der Waals surface area contributed by atoms with E-state index in [0.29, 0.717) is 17.9 Å². The van der Waals surface area contributed by atoms with E-state index in [9.17, 15) is 4.79 Å². The maximum atomic E-state index is 12.7. The van der Waals surface area contributed by atoms with E-state index in [0.717, 1.165) is 19.4 Å². The third kappa shape index (κ3) is 7.50. The number of ether oxygens (including phenoxy) is 1. The van der Waals surface area contributed by atoms with E-state index in [-0.39, 0.29) is 18.2 Å². The van der Waals surface area contributed by atoms with Gasteiger partial charge in [-0.2, -0.15) is 5.06 Å². The molecular formula is C26H42N2O3. The summed E-state index contributed by atoms with van der Waals surface area (Å²) in [5, 5.41) is 5.34. The molecule has 1 N–H and O–H groups in total. The van der Waals surface area contributed by atoms with Crippen LogP contribution in [-0.4, -0.2) is 34.9 Å². The summed E-state index contributed by atoms with van der Waals surface area (Å²) in [4.78, 5) is 19.2. The van der Waals surface area contributed by atoms with Gasteiger partial charge in [0.25, 0.3) is 0 Å². The highest BCUT2D eigenvalue weighted by atomic mass is 16.7. The largest absolute Gasteiger partial charge is 0.444 e. The minimum atomic E-state index is -0.504. The van der Waals surface area contributed by atoms with Crippen molar-refractivity contribution in [1.82, 2.24) is 10.4 Å². The smallest absolute Gasteiger partial charge is 0.407 e. The first-order valence-electron chi connectivity index (χ1n) is 12.2. The molecule has 1 aromatic carbocycles. The van der Waals surface area contributed by atoms with Crippen LogP contribution in [0.1, 0.15) is 85.1 Å². The number of amides is 1. The Balaban J connectivity index is 1.72. The lowest BCUT2D eigenvalue weighted by atomic mass is 9.82. The number of hydroxylamine groups is 2. The van der Waals surface area contributed by atoms with E-state index < -0.39 is 5.60 Å². The lowest BCUT2D eigenvalue weighted by Gasteiger charge is -2.31. The summed E-state index contributed by atoms with van der Waals surface area (Å²) in [5.74, 6) is 1.13.